The smallest absolute Gasteiger partial charge is 0.326 e. The van der Waals surface area contributed by atoms with Crippen LogP contribution in [0.4, 0.5) is 16.2 Å². The third-order valence-corrected chi connectivity index (χ3v) is 6.15. The van der Waals surface area contributed by atoms with Crippen LogP contribution < -0.4 is 25.0 Å². The van der Waals surface area contributed by atoms with Crippen molar-refractivity contribution >= 4 is 39.2 Å². The van der Waals surface area contributed by atoms with Gasteiger partial charge in [-0.25, -0.2) is 4.79 Å². The summed E-state index contributed by atoms with van der Waals surface area (Å²) >= 11 is 3.38. The number of ether oxygens (including phenoxy) is 2. The molecular formula is C30H28BrN3O4. The van der Waals surface area contributed by atoms with Crippen LogP contribution in [-0.2, 0) is 0 Å². The van der Waals surface area contributed by atoms with Gasteiger partial charge in [-0.1, -0.05) is 52.3 Å². The first-order valence-corrected chi connectivity index (χ1v) is 12.9. The molecule has 0 heterocycles. The summed E-state index contributed by atoms with van der Waals surface area (Å²) in [6.07, 6.45) is 0.543. The number of para-hydroxylation sites is 3. The summed E-state index contributed by atoms with van der Waals surface area (Å²) in [5.41, 5.74) is 1.83. The van der Waals surface area contributed by atoms with Gasteiger partial charge in [0.25, 0.3) is 5.91 Å². The van der Waals surface area contributed by atoms with Gasteiger partial charge in [0.05, 0.1) is 12.8 Å². The quantitative estimate of drug-likeness (QED) is 0.198. The van der Waals surface area contributed by atoms with Crippen LogP contribution in [0.1, 0.15) is 16.8 Å². The highest BCUT2D eigenvalue weighted by atomic mass is 79.9. The molecule has 4 rings (SSSR count). The Bertz CT molecular complexity index is 1360. The van der Waals surface area contributed by atoms with Gasteiger partial charge in [-0.2, -0.15) is 0 Å². The highest BCUT2D eigenvalue weighted by molar-refractivity contribution is 9.10. The number of halogens is 1. The topological polar surface area (TPSA) is 79.9 Å². The summed E-state index contributed by atoms with van der Waals surface area (Å²) < 4.78 is 12.1. The Labute approximate surface area is 230 Å². The lowest BCUT2D eigenvalue weighted by atomic mass is 10.2. The van der Waals surface area contributed by atoms with E-state index in [-0.39, 0.29) is 11.9 Å². The minimum atomic E-state index is -0.315. The summed E-state index contributed by atoms with van der Waals surface area (Å²) in [5.74, 6) is 1.78. The van der Waals surface area contributed by atoms with Crippen molar-refractivity contribution in [2.75, 3.05) is 30.4 Å². The van der Waals surface area contributed by atoms with E-state index in [1.807, 2.05) is 78.9 Å². The highest BCUT2D eigenvalue weighted by Gasteiger charge is 2.18. The van der Waals surface area contributed by atoms with Crippen LogP contribution >= 0.6 is 15.9 Å². The second-order valence-corrected chi connectivity index (χ2v) is 9.23. The molecule has 8 heteroatoms. The Morgan fingerprint density at radius 3 is 2.29 bits per heavy atom. The van der Waals surface area contributed by atoms with E-state index in [4.69, 9.17) is 9.47 Å². The average Bonchev–Trinajstić information content (AvgIpc) is 2.94. The molecule has 0 aliphatic carbocycles. The van der Waals surface area contributed by atoms with Gasteiger partial charge in [-0.05, 0) is 73.2 Å². The van der Waals surface area contributed by atoms with Crippen molar-refractivity contribution in [2.24, 2.45) is 0 Å². The standard InChI is InChI=1S/C30H28BrN3O4/c1-37-28-14-6-5-13-27(28)33-30(36)34(20-8-19-32-29(35)22-9-7-10-23(31)21-22)24-15-17-26(18-16-24)38-25-11-3-2-4-12-25/h2-7,9-18,21H,8,19-20H2,1H3,(H,32,35)(H,33,36). The van der Waals surface area contributed by atoms with Crippen molar-refractivity contribution < 1.29 is 19.1 Å². The summed E-state index contributed by atoms with van der Waals surface area (Å²) in [4.78, 5) is 27.5. The van der Waals surface area contributed by atoms with Gasteiger partial charge in [0.15, 0.2) is 0 Å². The third-order valence-electron chi connectivity index (χ3n) is 5.65. The van der Waals surface area contributed by atoms with Gasteiger partial charge in [-0.15, -0.1) is 0 Å². The van der Waals surface area contributed by atoms with E-state index in [1.54, 1.807) is 36.3 Å². The Morgan fingerprint density at radius 2 is 1.55 bits per heavy atom. The first-order chi connectivity index (χ1) is 18.5. The fourth-order valence-corrected chi connectivity index (χ4v) is 4.17. The molecule has 0 fully saturated rings. The second kappa shape index (κ2) is 13.3. The molecule has 0 aliphatic rings. The van der Waals surface area contributed by atoms with Crippen LogP contribution in [0.5, 0.6) is 17.2 Å². The lowest BCUT2D eigenvalue weighted by Crippen LogP contribution is -2.37. The molecule has 194 valence electrons. The summed E-state index contributed by atoms with van der Waals surface area (Å²) in [6, 6.07) is 30.9. The largest absolute Gasteiger partial charge is 0.495 e. The van der Waals surface area contributed by atoms with Crippen LogP contribution in [0.15, 0.2) is 108 Å². The van der Waals surface area contributed by atoms with E-state index in [9.17, 15) is 9.59 Å². The zero-order valence-corrected chi connectivity index (χ0v) is 22.5. The maximum absolute atomic E-state index is 13.4. The zero-order chi connectivity index (χ0) is 26.7. The lowest BCUT2D eigenvalue weighted by Gasteiger charge is -2.24. The molecule has 0 unspecified atom stereocenters. The first-order valence-electron chi connectivity index (χ1n) is 12.1. The van der Waals surface area contributed by atoms with Gasteiger partial charge in [0.1, 0.15) is 17.2 Å². The Hall–Kier alpha value is -4.30. The predicted octanol–water partition coefficient (Wildman–Crippen LogP) is 7.11. The molecule has 0 saturated carbocycles. The van der Waals surface area contributed by atoms with Gasteiger partial charge in [0, 0.05) is 28.8 Å². The number of rotatable bonds is 10. The van der Waals surface area contributed by atoms with Gasteiger partial charge < -0.3 is 20.1 Å². The maximum atomic E-state index is 13.4. The van der Waals surface area contributed by atoms with Gasteiger partial charge in [-0.3, -0.25) is 9.69 Å². The molecule has 0 radical (unpaired) electrons. The number of hydrogen-bond acceptors (Lipinski definition) is 4. The van der Waals surface area contributed by atoms with E-state index < -0.39 is 0 Å². The monoisotopic (exact) mass is 573 g/mol. The van der Waals surface area contributed by atoms with Crippen LogP contribution in [-0.4, -0.2) is 32.1 Å². The SMILES string of the molecule is COc1ccccc1NC(=O)N(CCCNC(=O)c1cccc(Br)c1)c1ccc(Oc2ccccc2)cc1. The van der Waals surface area contributed by atoms with Crippen molar-refractivity contribution in [3.05, 3.63) is 113 Å². The summed E-state index contributed by atoms with van der Waals surface area (Å²) in [6.45, 7) is 0.775. The molecule has 7 nitrogen and oxygen atoms in total. The molecule has 38 heavy (non-hydrogen) atoms. The van der Waals surface area contributed by atoms with E-state index >= 15 is 0 Å². The van der Waals surface area contributed by atoms with Crippen molar-refractivity contribution in [3.63, 3.8) is 0 Å². The molecule has 0 saturated heterocycles. The van der Waals surface area contributed by atoms with E-state index in [1.165, 1.54) is 0 Å². The first kappa shape index (κ1) is 26.8. The number of benzene rings is 4. The number of amides is 3. The lowest BCUT2D eigenvalue weighted by molar-refractivity contribution is 0.0953. The fraction of sp³-hybridized carbons (Fsp3) is 0.133. The molecule has 0 atom stereocenters. The number of carbonyl (C=O) groups excluding carboxylic acids is 2. The van der Waals surface area contributed by atoms with E-state index in [2.05, 4.69) is 26.6 Å². The van der Waals surface area contributed by atoms with Crippen molar-refractivity contribution in [2.45, 2.75) is 6.42 Å². The maximum Gasteiger partial charge on any atom is 0.326 e. The van der Waals surface area contributed by atoms with E-state index in [0.717, 1.165) is 10.2 Å². The summed E-state index contributed by atoms with van der Waals surface area (Å²) in [7, 11) is 1.56. The van der Waals surface area contributed by atoms with Gasteiger partial charge in [0.2, 0.25) is 0 Å². The normalized spacial score (nSPS) is 10.4. The van der Waals surface area contributed by atoms with Crippen molar-refractivity contribution in [1.82, 2.24) is 5.32 Å². The minimum Gasteiger partial charge on any atom is -0.495 e. The number of nitrogens with one attached hydrogen (secondary N) is 2. The van der Waals surface area contributed by atoms with Crippen LogP contribution in [0.2, 0.25) is 0 Å². The number of urea groups is 1. The number of hydrogen-bond donors (Lipinski definition) is 2. The number of nitrogens with zero attached hydrogens (tertiary/aromatic N) is 1. The zero-order valence-electron chi connectivity index (χ0n) is 20.9. The Balaban J connectivity index is 1.45. The van der Waals surface area contributed by atoms with E-state index in [0.29, 0.717) is 47.9 Å². The molecule has 0 aromatic heterocycles. The molecule has 0 bridgehead atoms. The molecule has 0 spiro atoms. The number of methoxy groups -OCH3 is 1. The summed E-state index contributed by atoms with van der Waals surface area (Å²) in [5, 5.41) is 5.85. The molecule has 4 aromatic rings. The molecule has 0 aliphatic heterocycles. The molecule has 3 amide bonds. The number of anilines is 2. The van der Waals surface area contributed by atoms with Crippen molar-refractivity contribution in [1.29, 1.82) is 0 Å². The number of carbonyl (C=O) groups is 2. The van der Waals surface area contributed by atoms with Crippen LogP contribution in [0.25, 0.3) is 0 Å². The molecule has 2 N–H and O–H groups in total. The second-order valence-electron chi connectivity index (χ2n) is 8.31. The Morgan fingerprint density at radius 1 is 0.842 bits per heavy atom. The highest BCUT2D eigenvalue weighted by Crippen LogP contribution is 2.27. The van der Waals surface area contributed by atoms with Crippen LogP contribution in [0.3, 0.4) is 0 Å². The van der Waals surface area contributed by atoms with Crippen LogP contribution in [0, 0.1) is 0 Å². The molecule has 4 aromatic carbocycles. The molecular weight excluding hydrogens is 546 g/mol. The Kier molecular flexibility index (Phi) is 9.37. The minimum absolute atomic E-state index is 0.168. The van der Waals surface area contributed by atoms with Gasteiger partial charge >= 0.3 is 6.03 Å². The average molecular weight is 574 g/mol. The predicted molar refractivity (Wildman–Crippen MR) is 153 cm³/mol. The fourth-order valence-electron chi connectivity index (χ4n) is 3.77. The van der Waals surface area contributed by atoms with Crippen molar-refractivity contribution in [3.8, 4) is 17.2 Å². The third kappa shape index (κ3) is 7.36.